The van der Waals surface area contributed by atoms with Crippen molar-refractivity contribution in [3.63, 3.8) is 0 Å². The molecule has 1 aliphatic heterocycles. The molecule has 2 aromatic rings. The number of aryl methyl sites for hydroxylation is 2. The van der Waals surface area contributed by atoms with Crippen molar-refractivity contribution in [2.45, 2.75) is 46.5 Å². The van der Waals surface area contributed by atoms with Crippen molar-refractivity contribution in [3.05, 3.63) is 53.1 Å². The van der Waals surface area contributed by atoms with Crippen LogP contribution in [-0.2, 0) is 4.74 Å². The first kappa shape index (κ1) is 24.6. The summed E-state index contributed by atoms with van der Waals surface area (Å²) in [6.07, 6.45) is 4.21. The van der Waals surface area contributed by atoms with Crippen molar-refractivity contribution in [1.29, 1.82) is 0 Å². The van der Waals surface area contributed by atoms with Gasteiger partial charge in [0.05, 0.1) is 5.56 Å². The Morgan fingerprint density at radius 1 is 0.939 bits per heavy atom. The molecule has 3 amide bonds. The third kappa shape index (κ3) is 7.22. The van der Waals surface area contributed by atoms with E-state index in [2.05, 4.69) is 20.9 Å². The highest BCUT2D eigenvalue weighted by molar-refractivity contribution is 6.04. The summed E-state index contributed by atoms with van der Waals surface area (Å²) in [5.41, 5.74) is 5.09. The predicted molar refractivity (Wildman–Crippen MR) is 135 cm³/mol. The number of hydrogen-bond donors (Lipinski definition) is 3. The van der Waals surface area contributed by atoms with Gasteiger partial charge in [-0.2, -0.15) is 0 Å². The molecule has 7 heteroatoms. The van der Waals surface area contributed by atoms with Crippen LogP contribution in [0.15, 0.2) is 36.4 Å². The standard InChI is InChI=1S/C26H36N4O3/c1-4-33-16-8-13-27-25(31)23-18-22(11-12-24(23)30-14-6-5-7-15-30)29-26(32)28-21-10-9-19(2)20(3)17-21/h9-12,17-18H,4-8,13-16H2,1-3H3,(H,27,31)(H2,28,29,32). The van der Waals surface area contributed by atoms with Crippen molar-refractivity contribution in [2.75, 3.05) is 48.4 Å². The Balaban J connectivity index is 1.72. The quantitative estimate of drug-likeness (QED) is 0.463. The van der Waals surface area contributed by atoms with Crippen LogP contribution in [0.3, 0.4) is 0 Å². The van der Waals surface area contributed by atoms with Crippen molar-refractivity contribution in [1.82, 2.24) is 5.32 Å². The molecular weight excluding hydrogens is 416 g/mol. The Hall–Kier alpha value is -3.06. The van der Waals surface area contributed by atoms with E-state index in [0.717, 1.165) is 49.3 Å². The zero-order valence-corrected chi connectivity index (χ0v) is 20.0. The molecule has 1 saturated heterocycles. The third-order valence-corrected chi connectivity index (χ3v) is 5.92. The number of piperidine rings is 1. The SMILES string of the molecule is CCOCCCNC(=O)c1cc(NC(=O)Nc2ccc(C)c(C)c2)ccc1N1CCCCC1. The molecule has 0 spiro atoms. The topological polar surface area (TPSA) is 82.7 Å². The van der Waals surface area contributed by atoms with E-state index in [1.165, 1.54) is 12.0 Å². The lowest BCUT2D eigenvalue weighted by Gasteiger charge is -2.30. The lowest BCUT2D eigenvalue weighted by atomic mass is 10.1. The second-order valence-corrected chi connectivity index (χ2v) is 8.46. The molecule has 0 radical (unpaired) electrons. The maximum absolute atomic E-state index is 13.0. The number of nitrogens with one attached hydrogen (secondary N) is 3. The fourth-order valence-corrected chi connectivity index (χ4v) is 3.93. The summed E-state index contributed by atoms with van der Waals surface area (Å²) in [7, 11) is 0. The van der Waals surface area contributed by atoms with Crippen molar-refractivity contribution >= 4 is 29.0 Å². The van der Waals surface area contributed by atoms with Gasteiger partial charge >= 0.3 is 6.03 Å². The van der Waals surface area contributed by atoms with E-state index in [-0.39, 0.29) is 11.9 Å². The van der Waals surface area contributed by atoms with E-state index in [1.807, 2.05) is 51.1 Å². The normalized spacial score (nSPS) is 13.5. The summed E-state index contributed by atoms with van der Waals surface area (Å²) in [5, 5.41) is 8.72. The van der Waals surface area contributed by atoms with Gasteiger partial charge in [0.25, 0.3) is 5.91 Å². The number of ether oxygens (including phenoxy) is 1. The zero-order valence-electron chi connectivity index (χ0n) is 20.0. The largest absolute Gasteiger partial charge is 0.382 e. The monoisotopic (exact) mass is 452 g/mol. The van der Waals surface area contributed by atoms with E-state index in [0.29, 0.717) is 31.0 Å². The average Bonchev–Trinajstić information content (AvgIpc) is 2.81. The van der Waals surface area contributed by atoms with Gasteiger partial charge in [-0.3, -0.25) is 4.79 Å². The number of hydrogen-bond acceptors (Lipinski definition) is 4. The molecule has 1 fully saturated rings. The van der Waals surface area contributed by atoms with Crippen LogP contribution in [0.1, 0.15) is 54.1 Å². The number of urea groups is 1. The number of carbonyl (C=O) groups excluding carboxylic acids is 2. The van der Waals surface area contributed by atoms with E-state index >= 15 is 0 Å². The van der Waals surface area contributed by atoms with Crippen LogP contribution in [0, 0.1) is 13.8 Å². The average molecular weight is 453 g/mol. The van der Waals surface area contributed by atoms with Crippen LogP contribution < -0.4 is 20.9 Å². The molecule has 0 aliphatic carbocycles. The van der Waals surface area contributed by atoms with Crippen molar-refractivity contribution in [3.8, 4) is 0 Å². The van der Waals surface area contributed by atoms with Crippen LogP contribution >= 0.6 is 0 Å². The molecule has 1 aliphatic rings. The minimum absolute atomic E-state index is 0.134. The van der Waals surface area contributed by atoms with Gasteiger partial charge in [-0.25, -0.2) is 4.79 Å². The van der Waals surface area contributed by atoms with Gasteiger partial charge in [-0.05, 0) is 87.9 Å². The zero-order chi connectivity index (χ0) is 23.6. The second kappa shape index (κ2) is 12.3. The Morgan fingerprint density at radius 2 is 1.64 bits per heavy atom. The summed E-state index contributed by atoms with van der Waals surface area (Å²) in [6, 6.07) is 11.0. The number of benzene rings is 2. The maximum atomic E-state index is 13.0. The number of carbonyl (C=O) groups is 2. The lowest BCUT2D eigenvalue weighted by molar-refractivity contribution is 0.0944. The maximum Gasteiger partial charge on any atom is 0.323 e. The van der Waals surface area contributed by atoms with Gasteiger partial charge in [0.1, 0.15) is 0 Å². The molecule has 0 saturated carbocycles. The highest BCUT2D eigenvalue weighted by Gasteiger charge is 2.19. The van der Waals surface area contributed by atoms with Crippen molar-refractivity contribution in [2.24, 2.45) is 0 Å². The molecular formula is C26H36N4O3. The van der Waals surface area contributed by atoms with Gasteiger partial charge in [0.15, 0.2) is 0 Å². The van der Waals surface area contributed by atoms with Crippen LogP contribution in [0.5, 0.6) is 0 Å². The summed E-state index contributed by atoms with van der Waals surface area (Å²) in [5.74, 6) is -0.134. The molecule has 3 N–H and O–H groups in total. The molecule has 1 heterocycles. The first-order valence-corrected chi connectivity index (χ1v) is 11.9. The fourth-order valence-electron chi connectivity index (χ4n) is 3.93. The van der Waals surface area contributed by atoms with E-state index in [4.69, 9.17) is 4.74 Å². The smallest absolute Gasteiger partial charge is 0.323 e. The van der Waals surface area contributed by atoms with E-state index < -0.39 is 0 Å². The molecule has 33 heavy (non-hydrogen) atoms. The van der Waals surface area contributed by atoms with Crippen LogP contribution in [0.4, 0.5) is 21.9 Å². The number of rotatable bonds is 9. The fraction of sp³-hybridized carbons (Fsp3) is 0.462. The van der Waals surface area contributed by atoms with Gasteiger partial charge in [0, 0.05) is 49.9 Å². The van der Waals surface area contributed by atoms with Gasteiger partial charge in [-0.1, -0.05) is 6.07 Å². The lowest BCUT2D eigenvalue weighted by Crippen LogP contribution is -2.33. The first-order chi connectivity index (χ1) is 16.0. The van der Waals surface area contributed by atoms with Crippen LogP contribution in [-0.4, -0.2) is 44.8 Å². The van der Waals surface area contributed by atoms with Gasteiger partial charge < -0.3 is 25.6 Å². The first-order valence-electron chi connectivity index (χ1n) is 11.9. The predicted octanol–water partition coefficient (Wildman–Crippen LogP) is 5.09. The van der Waals surface area contributed by atoms with Crippen molar-refractivity contribution < 1.29 is 14.3 Å². The molecule has 0 aromatic heterocycles. The van der Waals surface area contributed by atoms with Gasteiger partial charge in [-0.15, -0.1) is 0 Å². The summed E-state index contributed by atoms with van der Waals surface area (Å²) >= 11 is 0. The Bertz CT molecular complexity index is 955. The summed E-state index contributed by atoms with van der Waals surface area (Å²) in [4.78, 5) is 27.9. The minimum atomic E-state index is -0.341. The molecule has 178 valence electrons. The molecule has 0 atom stereocenters. The highest BCUT2D eigenvalue weighted by atomic mass is 16.5. The summed E-state index contributed by atoms with van der Waals surface area (Å²) in [6.45, 7) is 9.71. The second-order valence-electron chi connectivity index (χ2n) is 8.46. The third-order valence-electron chi connectivity index (χ3n) is 5.92. The number of nitrogens with zero attached hydrogens (tertiary/aromatic N) is 1. The number of amides is 3. The van der Waals surface area contributed by atoms with Crippen LogP contribution in [0.25, 0.3) is 0 Å². The Labute approximate surface area is 196 Å². The minimum Gasteiger partial charge on any atom is -0.382 e. The van der Waals surface area contributed by atoms with Gasteiger partial charge in [0.2, 0.25) is 0 Å². The highest BCUT2D eigenvalue weighted by Crippen LogP contribution is 2.27. The van der Waals surface area contributed by atoms with E-state index in [9.17, 15) is 9.59 Å². The molecule has 3 rings (SSSR count). The Kier molecular flexibility index (Phi) is 9.13. The number of anilines is 3. The summed E-state index contributed by atoms with van der Waals surface area (Å²) < 4.78 is 5.35. The molecule has 2 aromatic carbocycles. The molecule has 7 nitrogen and oxygen atoms in total. The van der Waals surface area contributed by atoms with E-state index in [1.54, 1.807) is 6.07 Å². The van der Waals surface area contributed by atoms with Crippen LogP contribution in [0.2, 0.25) is 0 Å². The Morgan fingerprint density at radius 3 is 2.33 bits per heavy atom. The molecule has 0 unspecified atom stereocenters. The molecule has 0 bridgehead atoms.